The van der Waals surface area contributed by atoms with Gasteiger partial charge in [0.15, 0.2) is 9.84 Å². The Labute approximate surface area is 161 Å². The van der Waals surface area contributed by atoms with Crippen molar-refractivity contribution in [2.75, 3.05) is 0 Å². The van der Waals surface area contributed by atoms with E-state index in [0.29, 0.717) is 17.5 Å². The smallest absolute Gasteiger partial charge is 0.184 e. The number of sulfone groups is 1. The number of aromatic nitrogens is 1. The van der Waals surface area contributed by atoms with Gasteiger partial charge in [-0.25, -0.2) is 17.2 Å². The number of halogens is 2. The van der Waals surface area contributed by atoms with Crippen LogP contribution in [0, 0.1) is 11.6 Å². The molecule has 0 fully saturated rings. The van der Waals surface area contributed by atoms with Crippen molar-refractivity contribution in [2.45, 2.75) is 17.2 Å². The molecule has 0 amide bonds. The van der Waals surface area contributed by atoms with Crippen LogP contribution in [0.4, 0.5) is 8.78 Å². The lowest BCUT2D eigenvalue weighted by Gasteiger charge is -2.05. The maximum atomic E-state index is 13.4. The molecule has 1 heterocycles. The summed E-state index contributed by atoms with van der Waals surface area (Å²) >= 11 is 0. The van der Waals surface area contributed by atoms with Crippen LogP contribution >= 0.6 is 0 Å². The maximum Gasteiger partial charge on any atom is 0.184 e. The minimum absolute atomic E-state index is 0.203. The van der Waals surface area contributed by atoms with Crippen LogP contribution in [0.5, 0.6) is 0 Å². The lowest BCUT2D eigenvalue weighted by atomic mass is 10.2. The van der Waals surface area contributed by atoms with E-state index in [-0.39, 0.29) is 16.5 Å². The highest BCUT2D eigenvalue weighted by atomic mass is 32.2. The van der Waals surface area contributed by atoms with E-state index < -0.39 is 15.7 Å². The second-order valence-electron chi connectivity index (χ2n) is 6.65. The summed E-state index contributed by atoms with van der Waals surface area (Å²) in [5.74, 6) is -1.07. The zero-order chi connectivity index (χ0) is 19.7. The fourth-order valence-electron chi connectivity index (χ4n) is 3.30. The van der Waals surface area contributed by atoms with Crippen molar-refractivity contribution in [2.24, 2.45) is 0 Å². The van der Waals surface area contributed by atoms with Crippen LogP contribution in [0.15, 0.2) is 83.9 Å². The van der Waals surface area contributed by atoms with E-state index in [0.717, 1.165) is 11.1 Å². The first-order chi connectivity index (χ1) is 13.4. The van der Waals surface area contributed by atoms with Gasteiger partial charge in [0.25, 0.3) is 0 Å². The van der Waals surface area contributed by atoms with E-state index in [9.17, 15) is 17.2 Å². The molecule has 0 unspecified atom stereocenters. The van der Waals surface area contributed by atoms with E-state index >= 15 is 0 Å². The zero-order valence-electron chi connectivity index (χ0n) is 14.8. The topological polar surface area (TPSA) is 39.1 Å². The zero-order valence-corrected chi connectivity index (χ0v) is 15.7. The average Bonchev–Trinajstić information content (AvgIpc) is 3.03. The summed E-state index contributed by atoms with van der Waals surface area (Å²) in [6.07, 6.45) is 1.60. The SMILES string of the molecule is O=S(=O)(Cc1cccc(F)c1)c1cn(Cc2ccc(F)cc2)c2ccccc12. The Morgan fingerprint density at radius 3 is 2.29 bits per heavy atom. The van der Waals surface area contributed by atoms with Crippen LogP contribution in [0.25, 0.3) is 10.9 Å². The Hall–Kier alpha value is -2.99. The van der Waals surface area contributed by atoms with Gasteiger partial charge in [0.2, 0.25) is 0 Å². The highest BCUT2D eigenvalue weighted by Crippen LogP contribution is 2.28. The molecule has 4 aromatic rings. The van der Waals surface area contributed by atoms with E-state index in [1.807, 2.05) is 16.7 Å². The quantitative estimate of drug-likeness (QED) is 0.478. The van der Waals surface area contributed by atoms with Gasteiger partial charge in [-0.05, 0) is 41.5 Å². The van der Waals surface area contributed by atoms with Crippen molar-refractivity contribution < 1.29 is 17.2 Å². The van der Waals surface area contributed by atoms with Crippen LogP contribution < -0.4 is 0 Å². The summed E-state index contributed by atoms with van der Waals surface area (Å²) in [6, 6.07) is 18.9. The van der Waals surface area contributed by atoms with E-state index in [4.69, 9.17) is 0 Å². The Bertz CT molecular complexity index is 1250. The first-order valence-corrected chi connectivity index (χ1v) is 10.4. The first kappa shape index (κ1) is 18.4. The third-order valence-corrected chi connectivity index (χ3v) is 6.31. The molecule has 0 atom stereocenters. The molecule has 0 radical (unpaired) electrons. The van der Waals surface area contributed by atoms with Gasteiger partial charge in [-0.15, -0.1) is 0 Å². The number of nitrogens with zero attached hydrogens (tertiary/aromatic N) is 1. The molecule has 0 spiro atoms. The first-order valence-electron chi connectivity index (χ1n) is 8.72. The number of rotatable bonds is 5. The summed E-state index contributed by atoms with van der Waals surface area (Å²) in [4.78, 5) is 0.203. The van der Waals surface area contributed by atoms with Gasteiger partial charge in [-0.2, -0.15) is 0 Å². The molecular weight excluding hydrogens is 380 g/mol. The highest BCUT2D eigenvalue weighted by Gasteiger charge is 2.22. The van der Waals surface area contributed by atoms with Crippen LogP contribution in [0.2, 0.25) is 0 Å². The number of para-hydroxylation sites is 1. The third kappa shape index (κ3) is 3.68. The molecule has 4 rings (SSSR count). The normalized spacial score (nSPS) is 11.8. The molecule has 0 N–H and O–H groups in total. The molecule has 0 aliphatic rings. The summed E-state index contributed by atoms with van der Waals surface area (Å²) in [5, 5.41) is 0.612. The van der Waals surface area contributed by atoms with Crippen LogP contribution in [-0.2, 0) is 22.1 Å². The number of benzene rings is 3. The molecule has 3 nitrogen and oxygen atoms in total. The highest BCUT2D eigenvalue weighted by molar-refractivity contribution is 7.90. The molecule has 0 aliphatic carbocycles. The summed E-state index contributed by atoms with van der Waals surface area (Å²) < 4.78 is 54.5. The lowest BCUT2D eigenvalue weighted by Crippen LogP contribution is -2.05. The van der Waals surface area contributed by atoms with Crippen molar-refractivity contribution in [1.29, 1.82) is 0 Å². The minimum atomic E-state index is -3.68. The Kier molecular flexibility index (Phi) is 4.73. The van der Waals surface area contributed by atoms with Gasteiger partial charge >= 0.3 is 0 Å². The fraction of sp³-hybridized carbons (Fsp3) is 0.0909. The van der Waals surface area contributed by atoms with Crippen molar-refractivity contribution >= 4 is 20.7 Å². The Balaban J connectivity index is 1.76. The van der Waals surface area contributed by atoms with Gasteiger partial charge in [0.1, 0.15) is 11.6 Å². The molecule has 0 bridgehead atoms. The lowest BCUT2D eigenvalue weighted by molar-refractivity contribution is 0.595. The maximum absolute atomic E-state index is 13.4. The fourth-order valence-corrected chi connectivity index (χ4v) is 4.87. The van der Waals surface area contributed by atoms with Crippen LogP contribution in [0.1, 0.15) is 11.1 Å². The molecular formula is C22H17F2NO2S. The van der Waals surface area contributed by atoms with Crippen LogP contribution in [-0.4, -0.2) is 13.0 Å². The van der Waals surface area contributed by atoms with Crippen molar-refractivity contribution in [3.8, 4) is 0 Å². The molecule has 0 saturated carbocycles. The standard InChI is InChI=1S/C22H17F2NO2S/c23-18-10-8-16(9-11-18)13-25-14-22(20-6-1-2-7-21(20)25)28(26,27)15-17-4-3-5-19(24)12-17/h1-12,14H,13,15H2. The van der Waals surface area contributed by atoms with Crippen molar-refractivity contribution in [1.82, 2.24) is 4.57 Å². The second-order valence-corrected chi connectivity index (χ2v) is 8.61. The summed E-state index contributed by atoms with van der Waals surface area (Å²) in [6.45, 7) is 0.413. The molecule has 28 heavy (non-hydrogen) atoms. The number of fused-ring (bicyclic) bond motifs is 1. The molecule has 0 saturated heterocycles. The predicted octanol–water partition coefficient (Wildman–Crippen LogP) is 4.94. The van der Waals surface area contributed by atoms with Gasteiger partial charge < -0.3 is 4.57 Å². The van der Waals surface area contributed by atoms with Crippen molar-refractivity contribution in [3.63, 3.8) is 0 Å². The van der Waals surface area contributed by atoms with E-state index in [1.54, 1.807) is 36.5 Å². The predicted molar refractivity (Wildman–Crippen MR) is 105 cm³/mol. The Morgan fingerprint density at radius 2 is 1.54 bits per heavy atom. The molecule has 1 aromatic heterocycles. The molecule has 6 heteroatoms. The second kappa shape index (κ2) is 7.20. The monoisotopic (exact) mass is 397 g/mol. The van der Waals surface area contributed by atoms with Crippen molar-refractivity contribution in [3.05, 3.63) is 102 Å². The summed E-state index contributed by atoms with van der Waals surface area (Å²) in [5.41, 5.74) is 2.02. The molecule has 142 valence electrons. The molecule has 3 aromatic carbocycles. The third-order valence-electron chi connectivity index (χ3n) is 4.60. The number of hydrogen-bond acceptors (Lipinski definition) is 2. The van der Waals surface area contributed by atoms with Gasteiger partial charge in [0.05, 0.1) is 10.6 Å². The summed E-state index contributed by atoms with van der Waals surface area (Å²) in [7, 11) is -3.68. The molecule has 0 aliphatic heterocycles. The van der Waals surface area contributed by atoms with E-state index in [2.05, 4.69) is 0 Å². The van der Waals surface area contributed by atoms with Gasteiger partial charge in [0, 0.05) is 23.6 Å². The van der Waals surface area contributed by atoms with Crippen LogP contribution in [0.3, 0.4) is 0 Å². The van der Waals surface area contributed by atoms with Gasteiger partial charge in [-0.3, -0.25) is 0 Å². The minimum Gasteiger partial charge on any atom is -0.342 e. The largest absolute Gasteiger partial charge is 0.342 e. The Morgan fingerprint density at radius 1 is 0.786 bits per heavy atom. The average molecular weight is 397 g/mol. The number of hydrogen-bond donors (Lipinski definition) is 0. The van der Waals surface area contributed by atoms with E-state index in [1.165, 1.54) is 30.3 Å². The van der Waals surface area contributed by atoms with Gasteiger partial charge in [-0.1, -0.05) is 42.5 Å².